The number of ketones is 1. The minimum atomic E-state index is -3.11. The first-order valence-electron chi connectivity index (χ1n) is 2.90. The van der Waals surface area contributed by atoms with Crippen molar-refractivity contribution >= 4 is 15.8 Å². The van der Waals surface area contributed by atoms with E-state index < -0.39 is 10.0 Å². The standard InChI is InChI=1S/C5H9NO3S/c1-4(7)5-3-6(5)10(2,8)9/h5H,3H2,1-2H3. The highest BCUT2D eigenvalue weighted by Crippen LogP contribution is 2.21. The average Bonchev–Trinajstić information content (AvgIpc) is 2.35. The van der Waals surface area contributed by atoms with E-state index in [0.717, 1.165) is 6.26 Å². The van der Waals surface area contributed by atoms with E-state index in [-0.39, 0.29) is 11.8 Å². The van der Waals surface area contributed by atoms with Gasteiger partial charge >= 0.3 is 0 Å². The van der Waals surface area contributed by atoms with Crippen molar-refractivity contribution in [2.45, 2.75) is 13.0 Å². The van der Waals surface area contributed by atoms with E-state index in [0.29, 0.717) is 6.54 Å². The van der Waals surface area contributed by atoms with Crippen LogP contribution in [0, 0.1) is 0 Å². The topological polar surface area (TPSA) is 54.2 Å². The molecule has 0 aromatic carbocycles. The van der Waals surface area contributed by atoms with Crippen molar-refractivity contribution in [1.29, 1.82) is 0 Å². The van der Waals surface area contributed by atoms with Gasteiger partial charge in [0.05, 0.1) is 12.3 Å². The summed E-state index contributed by atoms with van der Waals surface area (Å²) in [6.45, 7) is 1.77. The van der Waals surface area contributed by atoms with Gasteiger partial charge in [0, 0.05) is 6.54 Å². The molecule has 1 saturated heterocycles. The van der Waals surface area contributed by atoms with Crippen LogP contribution in [0.1, 0.15) is 6.92 Å². The summed E-state index contributed by atoms with van der Waals surface area (Å²) in [6, 6.07) is -0.366. The lowest BCUT2D eigenvalue weighted by atomic mass is 10.3. The van der Waals surface area contributed by atoms with E-state index in [1.165, 1.54) is 11.2 Å². The third-order valence-electron chi connectivity index (χ3n) is 1.46. The van der Waals surface area contributed by atoms with Crippen LogP contribution in [0.15, 0.2) is 0 Å². The molecule has 0 bridgehead atoms. The Balaban J connectivity index is 2.64. The fraction of sp³-hybridized carbons (Fsp3) is 0.800. The van der Waals surface area contributed by atoms with E-state index in [1.54, 1.807) is 0 Å². The second kappa shape index (κ2) is 2.03. The van der Waals surface area contributed by atoms with Crippen LogP contribution in [0.25, 0.3) is 0 Å². The summed E-state index contributed by atoms with van der Waals surface area (Å²) in [5.41, 5.74) is 0. The van der Waals surface area contributed by atoms with Crippen molar-refractivity contribution in [3.05, 3.63) is 0 Å². The van der Waals surface area contributed by atoms with Crippen LogP contribution in [-0.2, 0) is 14.8 Å². The van der Waals surface area contributed by atoms with Gasteiger partial charge in [-0.3, -0.25) is 4.79 Å². The van der Waals surface area contributed by atoms with Crippen molar-refractivity contribution < 1.29 is 13.2 Å². The molecular weight excluding hydrogens is 154 g/mol. The highest BCUT2D eigenvalue weighted by molar-refractivity contribution is 7.88. The first-order chi connectivity index (χ1) is 4.43. The van der Waals surface area contributed by atoms with E-state index in [4.69, 9.17) is 0 Å². The number of carbonyl (C=O) groups is 1. The van der Waals surface area contributed by atoms with Crippen molar-refractivity contribution in [1.82, 2.24) is 4.31 Å². The Morgan fingerprint density at radius 3 is 2.20 bits per heavy atom. The molecule has 1 heterocycles. The smallest absolute Gasteiger partial charge is 0.211 e. The zero-order valence-electron chi connectivity index (χ0n) is 5.86. The molecular formula is C5H9NO3S. The van der Waals surface area contributed by atoms with Gasteiger partial charge in [0.2, 0.25) is 10.0 Å². The summed E-state index contributed by atoms with van der Waals surface area (Å²) in [5, 5.41) is 0. The van der Waals surface area contributed by atoms with Gasteiger partial charge in [-0.15, -0.1) is 0 Å². The van der Waals surface area contributed by atoms with Gasteiger partial charge in [-0.1, -0.05) is 0 Å². The molecule has 0 saturated carbocycles. The van der Waals surface area contributed by atoms with Gasteiger partial charge in [-0.25, -0.2) is 8.42 Å². The zero-order chi connectivity index (χ0) is 7.94. The molecule has 1 rings (SSSR count). The molecule has 1 aliphatic heterocycles. The van der Waals surface area contributed by atoms with Gasteiger partial charge < -0.3 is 0 Å². The zero-order valence-corrected chi connectivity index (χ0v) is 6.68. The number of Topliss-reactive ketones (excluding diaryl/α,β-unsaturated/α-hetero) is 1. The highest BCUT2D eigenvalue weighted by atomic mass is 32.2. The van der Waals surface area contributed by atoms with Crippen molar-refractivity contribution in [3.63, 3.8) is 0 Å². The molecule has 2 unspecified atom stereocenters. The average molecular weight is 163 g/mol. The number of hydrogen-bond donors (Lipinski definition) is 0. The SMILES string of the molecule is CC(=O)C1CN1S(C)(=O)=O. The Bertz CT molecular complexity index is 256. The van der Waals surface area contributed by atoms with E-state index in [2.05, 4.69) is 0 Å². The number of rotatable bonds is 2. The maximum absolute atomic E-state index is 10.7. The number of hydrogen-bond acceptors (Lipinski definition) is 3. The van der Waals surface area contributed by atoms with E-state index in [9.17, 15) is 13.2 Å². The van der Waals surface area contributed by atoms with Crippen LogP contribution in [0.4, 0.5) is 0 Å². The Hall–Kier alpha value is -0.420. The quantitative estimate of drug-likeness (QED) is 0.502. The Kier molecular flexibility index (Phi) is 1.56. The van der Waals surface area contributed by atoms with Gasteiger partial charge in [0.1, 0.15) is 5.78 Å². The molecule has 1 fully saturated rings. The second-order valence-electron chi connectivity index (χ2n) is 2.46. The molecule has 0 aliphatic carbocycles. The summed E-state index contributed by atoms with van der Waals surface area (Å²) in [4.78, 5) is 10.6. The minimum Gasteiger partial charge on any atom is -0.298 e. The number of carbonyl (C=O) groups excluding carboxylic acids is 1. The number of nitrogens with zero attached hydrogens (tertiary/aromatic N) is 1. The van der Waals surface area contributed by atoms with Gasteiger partial charge in [-0.2, -0.15) is 4.31 Å². The Morgan fingerprint density at radius 1 is 1.60 bits per heavy atom. The molecule has 0 aromatic heterocycles. The molecule has 0 radical (unpaired) electrons. The first kappa shape index (κ1) is 7.68. The number of sulfonamides is 1. The predicted octanol–water partition coefficient (Wildman–Crippen LogP) is -0.781. The molecule has 10 heavy (non-hydrogen) atoms. The molecule has 0 spiro atoms. The molecule has 4 nitrogen and oxygen atoms in total. The molecule has 0 N–H and O–H groups in total. The second-order valence-corrected chi connectivity index (χ2v) is 4.39. The third kappa shape index (κ3) is 1.35. The summed E-state index contributed by atoms with van der Waals surface area (Å²) in [5.74, 6) is -0.0783. The lowest BCUT2D eigenvalue weighted by Gasteiger charge is -1.94. The Morgan fingerprint density at radius 2 is 2.10 bits per heavy atom. The summed E-state index contributed by atoms with van der Waals surface area (Å²) in [7, 11) is -3.11. The van der Waals surface area contributed by atoms with E-state index in [1.807, 2.05) is 0 Å². The van der Waals surface area contributed by atoms with E-state index >= 15 is 0 Å². The normalized spacial score (nSPS) is 31.8. The lowest BCUT2D eigenvalue weighted by molar-refractivity contribution is -0.116. The fourth-order valence-electron chi connectivity index (χ4n) is 0.821. The lowest BCUT2D eigenvalue weighted by Crippen LogP contribution is -2.15. The predicted molar refractivity (Wildman–Crippen MR) is 36.0 cm³/mol. The van der Waals surface area contributed by atoms with Gasteiger partial charge in [-0.05, 0) is 6.92 Å². The van der Waals surface area contributed by atoms with Crippen LogP contribution in [-0.4, -0.2) is 37.3 Å². The van der Waals surface area contributed by atoms with Crippen LogP contribution < -0.4 is 0 Å². The minimum absolute atomic E-state index is 0.0783. The Labute approximate surface area is 59.9 Å². The van der Waals surface area contributed by atoms with Crippen molar-refractivity contribution in [2.24, 2.45) is 0 Å². The monoisotopic (exact) mass is 163 g/mol. The van der Waals surface area contributed by atoms with Crippen LogP contribution in [0.2, 0.25) is 0 Å². The summed E-state index contributed by atoms with van der Waals surface area (Å²) < 4.78 is 22.5. The summed E-state index contributed by atoms with van der Waals surface area (Å²) in [6.07, 6.45) is 1.11. The molecule has 2 atom stereocenters. The summed E-state index contributed by atoms with van der Waals surface area (Å²) >= 11 is 0. The highest BCUT2D eigenvalue weighted by Gasteiger charge is 2.44. The molecule has 0 aromatic rings. The van der Waals surface area contributed by atoms with Crippen molar-refractivity contribution in [3.8, 4) is 0 Å². The van der Waals surface area contributed by atoms with Crippen LogP contribution in [0.5, 0.6) is 0 Å². The van der Waals surface area contributed by atoms with Gasteiger partial charge in [0.15, 0.2) is 0 Å². The molecule has 1 aliphatic rings. The van der Waals surface area contributed by atoms with Crippen LogP contribution in [0.3, 0.4) is 0 Å². The molecule has 0 amide bonds. The van der Waals surface area contributed by atoms with Crippen molar-refractivity contribution in [2.75, 3.05) is 12.8 Å². The maximum Gasteiger partial charge on any atom is 0.211 e. The fourth-order valence-corrected chi connectivity index (χ4v) is 1.84. The first-order valence-corrected chi connectivity index (χ1v) is 4.75. The maximum atomic E-state index is 10.7. The molecule has 58 valence electrons. The van der Waals surface area contributed by atoms with Crippen LogP contribution >= 0.6 is 0 Å². The third-order valence-corrected chi connectivity index (χ3v) is 2.72. The largest absolute Gasteiger partial charge is 0.298 e. The molecule has 5 heteroatoms. The van der Waals surface area contributed by atoms with Gasteiger partial charge in [0.25, 0.3) is 0 Å².